The van der Waals surface area contributed by atoms with Crippen molar-refractivity contribution in [1.29, 1.82) is 0 Å². The molecule has 0 bridgehead atoms. The Morgan fingerprint density at radius 3 is 1.00 bits per heavy atom. The topological polar surface area (TPSA) is 112 Å². The Balaban J connectivity index is -0.000000744. The average molecular weight is 461 g/mol. The first-order chi connectivity index (χ1) is 15.8. The minimum atomic E-state index is 0.892. The molecule has 0 unspecified atom stereocenters. The molecular formula is C25H15CrNO5. The summed E-state index contributed by atoms with van der Waals surface area (Å²) in [6.07, 6.45) is 0. The number of hydrogen-bond donors (Lipinski definition) is 0. The molecule has 3 rings (SSSR count). The van der Waals surface area contributed by atoms with Crippen LogP contribution in [0.15, 0.2) is 96.0 Å². The van der Waals surface area contributed by atoms with Gasteiger partial charge in [0.2, 0.25) is 0 Å². The van der Waals surface area contributed by atoms with E-state index >= 15 is 0 Å². The molecule has 0 N–H and O–H groups in total. The molecule has 0 atom stereocenters. The number of hydrogen-bond acceptors (Lipinski definition) is 1. The second-order valence-corrected chi connectivity index (χ2v) is 5.47. The first-order valence-corrected chi connectivity index (χ1v) is 8.79. The Labute approximate surface area is 195 Å². The SMILES string of the molecule is [C-]#[O+].[C-]#[O+].[C-]#[O+].[C-]#[O+].[C-]#[O+].[Cr]=[C](N=C(c1ccccc1)c1ccccc1)c1ccccc1. The normalized spacial score (nSPS) is 7.19. The molecule has 0 aliphatic carbocycles. The van der Waals surface area contributed by atoms with Crippen LogP contribution in [0.1, 0.15) is 16.7 Å². The maximum absolute atomic E-state index is 7.50. The van der Waals surface area contributed by atoms with Gasteiger partial charge in [-0.15, -0.1) is 0 Å². The molecule has 32 heavy (non-hydrogen) atoms. The third-order valence-electron chi connectivity index (χ3n) is 3.33. The molecule has 0 spiro atoms. The Kier molecular flexibility index (Phi) is 26.3. The average Bonchev–Trinajstić information content (AvgIpc) is 2.94. The fourth-order valence-corrected chi connectivity index (χ4v) is 2.59. The summed E-state index contributed by atoms with van der Waals surface area (Å²) in [5.74, 6) is 0. The third-order valence-corrected chi connectivity index (χ3v) is 3.84. The van der Waals surface area contributed by atoms with Gasteiger partial charge in [-0.3, -0.25) is 0 Å². The van der Waals surface area contributed by atoms with E-state index in [2.05, 4.69) is 85.5 Å². The number of nitrogens with zero attached hydrogens (tertiary/aromatic N) is 1. The second kappa shape index (κ2) is 25.5. The molecule has 0 radical (unpaired) electrons. The van der Waals surface area contributed by atoms with Crippen molar-refractivity contribution < 1.29 is 39.1 Å². The molecule has 0 aromatic heterocycles. The summed E-state index contributed by atoms with van der Waals surface area (Å²) in [6, 6.07) is 30.7. The zero-order valence-corrected chi connectivity index (χ0v) is 17.8. The van der Waals surface area contributed by atoms with Crippen LogP contribution in [0.4, 0.5) is 0 Å². The van der Waals surface area contributed by atoms with Crippen LogP contribution in [-0.2, 0) is 39.1 Å². The fraction of sp³-hybridized carbons (Fsp3) is 0. The number of benzene rings is 3. The van der Waals surface area contributed by atoms with Gasteiger partial charge in [0.05, 0.1) is 0 Å². The predicted octanol–water partition coefficient (Wildman–Crippen LogP) is 4.06. The van der Waals surface area contributed by atoms with Crippen LogP contribution in [0.3, 0.4) is 0 Å². The quantitative estimate of drug-likeness (QED) is 0.317. The van der Waals surface area contributed by atoms with E-state index in [1.807, 2.05) is 54.6 Å². The summed E-state index contributed by atoms with van der Waals surface area (Å²) in [4.78, 5) is 4.86. The van der Waals surface area contributed by atoms with Gasteiger partial charge in [0.25, 0.3) is 0 Å². The van der Waals surface area contributed by atoms with Crippen molar-refractivity contribution in [3.05, 3.63) is 141 Å². The van der Waals surface area contributed by atoms with Crippen LogP contribution in [0.25, 0.3) is 0 Å². The Morgan fingerprint density at radius 2 is 0.719 bits per heavy atom. The van der Waals surface area contributed by atoms with Gasteiger partial charge in [-0.05, 0) is 0 Å². The van der Waals surface area contributed by atoms with E-state index in [0.717, 1.165) is 26.9 Å². The van der Waals surface area contributed by atoms with Gasteiger partial charge in [0.1, 0.15) is 0 Å². The van der Waals surface area contributed by atoms with Crippen molar-refractivity contribution in [2.75, 3.05) is 0 Å². The molecule has 0 aliphatic rings. The van der Waals surface area contributed by atoms with E-state index in [1.165, 1.54) is 0 Å². The summed E-state index contributed by atoms with van der Waals surface area (Å²) in [5.41, 5.74) is 4.28. The molecule has 156 valence electrons. The molecule has 0 aliphatic heterocycles. The monoisotopic (exact) mass is 461 g/mol. The molecule has 6 nitrogen and oxygen atoms in total. The first-order valence-electron chi connectivity index (χ1n) is 8.15. The molecule has 0 saturated carbocycles. The Bertz CT molecular complexity index is 930. The predicted molar refractivity (Wildman–Crippen MR) is 109 cm³/mol. The number of aliphatic imine (C=N–C) groups is 1. The number of rotatable bonds is 4. The second-order valence-electron chi connectivity index (χ2n) is 4.86. The molecule has 7 heteroatoms. The molecule has 0 amide bonds. The van der Waals surface area contributed by atoms with Crippen molar-refractivity contribution in [2.45, 2.75) is 0 Å². The van der Waals surface area contributed by atoms with Crippen LogP contribution in [-0.4, -0.2) is 10.2 Å². The minimum absolute atomic E-state index is 0.892. The van der Waals surface area contributed by atoms with E-state index in [-0.39, 0.29) is 0 Å². The van der Waals surface area contributed by atoms with Crippen LogP contribution < -0.4 is 0 Å². The maximum atomic E-state index is 7.50. The van der Waals surface area contributed by atoms with Crippen molar-refractivity contribution in [2.24, 2.45) is 4.99 Å². The zero-order chi connectivity index (χ0) is 25.2. The summed E-state index contributed by atoms with van der Waals surface area (Å²) < 4.78 is 38.4. The van der Waals surface area contributed by atoms with Crippen molar-refractivity contribution in [3.8, 4) is 0 Å². The van der Waals surface area contributed by atoms with Crippen molar-refractivity contribution in [1.82, 2.24) is 0 Å². The van der Waals surface area contributed by atoms with Gasteiger partial charge in [-0.2, -0.15) is 0 Å². The van der Waals surface area contributed by atoms with Gasteiger partial charge in [0.15, 0.2) is 0 Å². The fourth-order valence-electron chi connectivity index (χ4n) is 2.23. The van der Waals surface area contributed by atoms with E-state index in [9.17, 15) is 0 Å². The van der Waals surface area contributed by atoms with Crippen molar-refractivity contribution >= 4 is 10.2 Å². The van der Waals surface area contributed by atoms with Gasteiger partial charge >= 0.3 is 195 Å². The Hall–Kier alpha value is -3.57. The van der Waals surface area contributed by atoms with E-state index < -0.39 is 0 Å². The first kappa shape index (κ1) is 33.1. The van der Waals surface area contributed by atoms with Crippen LogP contribution in [0, 0.1) is 33.3 Å². The summed E-state index contributed by atoms with van der Waals surface area (Å²) in [6.45, 7) is 22.5. The molecule has 3 aromatic carbocycles. The van der Waals surface area contributed by atoms with Crippen LogP contribution in [0.5, 0.6) is 0 Å². The van der Waals surface area contributed by atoms with Crippen LogP contribution >= 0.6 is 0 Å². The van der Waals surface area contributed by atoms with E-state index in [1.54, 1.807) is 0 Å². The van der Waals surface area contributed by atoms with E-state index in [0.29, 0.717) is 0 Å². The molecule has 3 aromatic rings. The molecule has 0 fully saturated rings. The zero-order valence-electron chi connectivity index (χ0n) is 16.6. The standard InChI is InChI=1S/C20H15N.5CO.Cr/c1-4-10-17(11-5-1)16-21-20(18-12-6-2-7-13-18)19-14-8-3-9-15-19;5*1-2;/h1-15H;;;;;;. The summed E-state index contributed by atoms with van der Waals surface area (Å²) >= 11 is 3.09. The Morgan fingerprint density at radius 1 is 0.469 bits per heavy atom. The van der Waals surface area contributed by atoms with Gasteiger partial charge in [0, 0.05) is 0 Å². The molecule has 0 heterocycles. The molecular weight excluding hydrogens is 446 g/mol. The summed E-state index contributed by atoms with van der Waals surface area (Å²) in [7, 11) is 0. The van der Waals surface area contributed by atoms with Gasteiger partial charge in [-0.1, -0.05) is 0 Å². The molecule has 0 saturated heterocycles. The van der Waals surface area contributed by atoms with E-state index in [4.69, 9.17) is 28.3 Å². The van der Waals surface area contributed by atoms with Gasteiger partial charge in [-0.25, -0.2) is 0 Å². The third kappa shape index (κ3) is 12.9. The summed E-state index contributed by atoms with van der Waals surface area (Å²) in [5, 5.41) is 0. The van der Waals surface area contributed by atoms with Crippen molar-refractivity contribution in [3.63, 3.8) is 0 Å². The van der Waals surface area contributed by atoms with Gasteiger partial charge < -0.3 is 0 Å². The van der Waals surface area contributed by atoms with Crippen LogP contribution in [0.2, 0.25) is 0 Å².